The van der Waals surface area contributed by atoms with Gasteiger partial charge in [0.2, 0.25) is 0 Å². The second-order valence-corrected chi connectivity index (χ2v) is 6.32. The maximum atomic E-state index is 12.6. The largest absolute Gasteiger partial charge is 0.465 e. The van der Waals surface area contributed by atoms with Crippen molar-refractivity contribution < 1.29 is 18.9 Å². The summed E-state index contributed by atoms with van der Waals surface area (Å²) in [6.07, 6.45) is 1.02. The molecule has 0 aliphatic rings. The second-order valence-electron chi connectivity index (χ2n) is 6.32. The van der Waals surface area contributed by atoms with Gasteiger partial charge in [-0.1, -0.05) is 0 Å². The van der Waals surface area contributed by atoms with Gasteiger partial charge in [0.1, 0.15) is 11.1 Å². The third-order valence-corrected chi connectivity index (χ3v) is 4.47. The maximum absolute atomic E-state index is 12.6. The van der Waals surface area contributed by atoms with E-state index in [0.717, 1.165) is 35.1 Å². The Kier molecular flexibility index (Phi) is 4.83. The van der Waals surface area contributed by atoms with Gasteiger partial charge >= 0.3 is 11.6 Å². The predicted molar refractivity (Wildman–Crippen MR) is 99.8 cm³/mol. The molecule has 9 nitrogen and oxygen atoms in total. The minimum Gasteiger partial charge on any atom is -0.465 e. The molecular formula is C19H16N2O7. The van der Waals surface area contributed by atoms with E-state index in [1.165, 1.54) is 6.07 Å². The van der Waals surface area contributed by atoms with E-state index in [4.69, 9.17) is 4.42 Å². The highest BCUT2D eigenvalue weighted by atomic mass is 16.6. The topological polar surface area (TPSA) is 122 Å². The molecule has 0 aliphatic heterocycles. The van der Waals surface area contributed by atoms with Crippen LogP contribution in [0.15, 0.2) is 44.5 Å². The van der Waals surface area contributed by atoms with Gasteiger partial charge in [0.05, 0.1) is 24.8 Å². The average molecular weight is 384 g/mol. The van der Waals surface area contributed by atoms with E-state index in [1.54, 1.807) is 6.07 Å². The molecule has 0 spiro atoms. The lowest BCUT2D eigenvalue weighted by Crippen LogP contribution is -2.27. The molecule has 0 radical (unpaired) electrons. The van der Waals surface area contributed by atoms with Crippen LogP contribution in [0.5, 0.6) is 0 Å². The van der Waals surface area contributed by atoms with Gasteiger partial charge in [-0.15, -0.1) is 0 Å². The second kappa shape index (κ2) is 7.10. The maximum Gasteiger partial charge on any atom is 0.343 e. The highest BCUT2D eigenvalue weighted by Gasteiger charge is 2.20. The highest BCUT2D eigenvalue weighted by Crippen LogP contribution is 2.22. The lowest BCUT2D eigenvalue weighted by Gasteiger charge is -2.11. The summed E-state index contributed by atoms with van der Waals surface area (Å²) < 4.78 is 10.8. The summed E-state index contributed by atoms with van der Waals surface area (Å²) in [6.45, 7) is 3.60. The summed E-state index contributed by atoms with van der Waals surface area (Å²) in [5, 5.41) is 11.8. The molecule has 0 unspecified atom stereocenters. The summed E-state index contributed by atoms with van der Waals surface area (Å²) in [5.41, 5.74) is 0.373. The number of nitrogens with zero attached hydrogens (tertiary/aromatic N) is 2. The number of carbonyl (C=O) groups excluding carboxylic acids is 1. The Hall–Kier alpha value is -3.75. The van der Waals surface area contributed by atoms with E-state index < -0.39 is 33.3 Å². The molecule has 28 heavy (non-hydrogen) atoms. The molecule has 3 aromatic rings. The van der Waals surface area contributed by atoms with Crippen molar-refractivity contribution in [1.29, 1.82) is 0 Å². The molecule has 2 heterocycles. The van der Waals surface area contributed by atoms with E-state index in [0.29, 0.717) is 16.5 Å². The monoisotopic (exact) mass is 384 g/mol. The normalized spacial score (nSPS) is 10.8. The Morgan fingerprint density at radius 2 is 1.86 bits per heavy atom. The number of hydrogen-bond acceptors (Lipinski definition) is 7. The Bertz CT molecular complexity index is 1240. The quantitative estimate of drug-likeness (QED) is 0.293. The molecular weight excluding hydrogens is 368 g/mol. The molecule has 3 rings (SSSR count). The summed E-state index contributed by atoms with van der Waals surface area (Å²) >= 11 is 0. The lowest BCUT2D eigenvalue weighted by molar-refractivity contribution is -0.385. The van der Waals surface area contributed by atoms with E-state index in [9.17, 15) is 24.5 Å². The molecule has 9 heteroatoms. The minimum atomic E-state index is -0.980. The van der Waals surface area contributed by atoms with E-state index in [-0.39, 0.29) is 6.54 Å². The van der Waals surface area contributed by atoms with Crippen LogP contribution >= 0.6 is 0 Å². The molecule has 0 saturated carbocycles. The van der Waals surface area contributed by atoms with Gasteiger partial charge in [0, 0.05) is 17.5 Å². The lowest BCUT2D eigenvalue weighted by atomic mass is 10.0. The van der Waals surface area contributed by atoms with E-state index in [1.807, 2.05) is 19.9 Å². The molecule has 0 atom stereocenters. The Balaban J connectivity index is 2.24. The number of carbonyl (C=O) groups is 1. The van der Waals surface area contributed by atoms with Gasteiger partial charge in [-0.3, -0.25) is 14.9 Å². The molecule has 0 saturated heterocycles. The molecule has 0 bridgehead atoms. The van der Waals surface area contributed by atoms with Crippen LogP contribution in [0.25, 0.3) is 11.0 Å². The van der Waals surface area contributed by atoms with Crippen LogP contribution in [0.3, 0.4) is 0 Å². The van der Waals surface area contributed by atoms with Crippen molar-refractivity contribution in [2.75, 3.05) is 7.11 Å². The van der Waals surface area contributed by atoms with Crippen molar-refractivity contribution in [3.8, 4) is 0 Å². The van der Waals surface area contributed by atoms with Crippen LogP contribution in [0.1, 0.15) is 27.0 Å². The first-order valence-electron chi connectivity index (χ1n) is 8.22. The van der Waals surface area contributed by atoms with Gasteiger partial charge in [0.25, 0.3) is 11.2 Å². The molecule has 0 aliphatic carbocycles. The number of esters is 1. The standard InChI is InChI=1S/C19H16N2O7/c1-10-4-14-12(6-17(22)28-16(14)5-11(10)2)8-20-9-13(21(25)26)7-15(18(20)23)19(24)27-3/h4-7,9H,8H2,1-3H3. The van der Waals surface area contributed by atoms with Gasteiger partial charge in [-0.05, 0) is 42.7 Å². The first-order chi connectivity index (χ1) is 13.2. The zero-order valence-electron chi connectivity index (χ0n) is 15.3. The number of aryl methyl sites for hydroxylation is 2. The van der Waals surface area contributed by atoms with Gasteiger partial charge in [-0.25, -0.2) is 9.59 Å². The molecule has 0 fully saturated rings. The zero-order valence-corrected chi connectivity index (χ0v) is 15.3. The summed E-state index contributed by atoms with van der Waals surface area (Å²) in [4.78, 5) is 46.9. The van der Waals surface area contributed by atoms with Crippen molar-refractivity contribution in [2.45, 2.75) is 20.4 Å². The number of rotatable bonds is 4. The van der Waals surface area contributed by atoms with Crippen molar-refractivity contribution in [1.82, 2.24) is 4.57 Å². The third-order valence-electron chi connectivity index (χ3n) is 4.47. The first-order valence-corrected chi connectivity index (χ1v) is 8.22. The number of aromatic nitrogens is 1. The van der Waals surface area contributed by atoms with Crippen LogP contribution in [0.4, 0.5) is 5.69 Å². The summed E-state index contributed by atoms with van der Waals surface area (Å²) in [6, 6.07) is 5.62. The predicted octanol–water partition coefficient (Wildman–Crippen LogP) is 2.31. The fraction of sp³-hybridized carbons (Fsp3) is 0.211. The smallest absolute Gasteiger partial charge is 0.343 e. The number of ether oxygens (including phenoxy) is 1. The zero-order chi connectivity index (χ0) is 20.6. The molecule has 1 aromatic carbocycles. The van der Waals surface area contributed by atoms with Crippen molar-refractivity contribution in [3.63, 3.8) is 0 Å². The van der Waals surface area contributed by atoms with Crippen molar-refractivity contribution >= 4 is 22.6 Å². The van der Waals surface area contributed by atoms with Gasteiger partial charge in [-0.2, -0.15) is 0 Å². The summed E-state index contributed by atoms with van der Waals surface area (Å²) in [5.74, 6) is -0.980. The van der Waals surface area contributed by atoms with Crippen LogP contribution in [-0.4, -0.2) is 22.6 Å². The molecule has 144 valence electrons. The number of fused-ring (bicyclic) bond motifs is 1. The van der Waals surface area contributed by atoms with E-state index >= 15 is 0 Å². The number of pyridine rings is 1. The average Bonchev–Trinajstić information content (AvgIpc) is 2.64. The van der Waals surface area contributed by atoms with Crippen LogP contribution < -0.4 is 11.2 Å². The van der Waals surface area contributed by atoms with Crippen LogP contribution in [-0.2, 0) is 11.3 Å². The Morgan fingerprint density at radius 1 is 1.18 bits per heavy atom. The van der Waals surface area contributed by atoms with Crippen molar-refractivity contribution in [2.24, 2.45) is 0 Å². The number of methoxy groups -OCH3 is 1. The number of hydrogen-bond donors (Lipinski definition) is 0. The molecule has 0 amide bonds. The van der Waals surface area contributed by atoms with Crippen LogP contribution in [0, 0.1) is 24.0 Å². The Labute approximate surface area is 157 Å². The SMILES string of the molecule is COC(=O)c1cc([N+](=O)[O-])cn(Cc2cc(=O)oc3cc(C)c(C)cc23)c1=O. The molecule has 2 aromatic heterocycles. The Morgan fingerprint density at radius 3 is 2.50 bits per heavy atom. The van der Waals surface area contributed by atoms with Gasteiger partial charge in [0.15, 0.2) is 0 Å². The molecule has 0 N–H and O–H groups in total. The highest BCUT2D eigenvalue weighted by molar-refractivity contribution is 5.89. The summed E-state index contributed by atoms with van der Waals surface area (Å²) in [7, 11) is 1.08. The number of nitro groups is 1. The number of benzene rings is 1. The van der Waals surface area contributed by atoms with E-state index in [2.05, 4.69) is 4.74 Å². The fourth-order valence-electron chi connectivity index (χ4n) is 2.89. The first kappa shape index (κ1) is 19.0. The third kappa shape index (κ3) is 3.41. The fourth-order valence-corrected chi connectivity index (χ4v) is 2.89. The minimum absolute atomic E-state index is 0.158. The van der Waals surface area contributed by atoms with Crippen molar-refractivity contribution in [3.05, 3.63) is 83.6 Å². The van der Waals surface area contributed by atoms with Crippen LogP contribution in [0.2, 0.25) is 0 Å². The van der Waals surface area contributed by atoms with Gasteiger partial charge < -0.3 is 13.7 Å².